The number of aliphatic hydroxyl groups excluding tert-OH is 1. The van der Waals surface area contributed by atoms with Gasteiger partial charge in [0.2, 0.25) is 0 Å². The summed E-state index contributed by atoms with van der Waals surface area (Å²) in [4.78, 5) is 68.6. The molecule has 1 amide bonds. The van der Waals surface area contributed by atoms with E-state index >= 15 is 0 Å². The van der Waals surface area contributed by atoms with Gasteiger partial charge in [0.25, 0.3) is 0 Å². The van der Waals surface area contributed by atoms with Crippen LogP contribution in [-0.4, -0.2) is 120 Å². The Morgan fingerprint density at radius 3 is 2.16 bits per heavy atom. The first-order chi connectivity index (χ1) is 29.7. The Hall–Kier alpha value is -4.35. The topological polar surface area (TPSA) is 212 Å². The van der Waals surface area contributed by atoms with Crippen LogP contribution in [0.15, 0.2) is 54.1 Å². The molecular formula is C48H69NO15. The lowest BCUT2D eigenvalue weighted by atomic mass is 9.48. The van der Waals surface area contributed by atoms with Gasteiger partial charge in [0, 0.05) is 45.1 Å². The van der Waals surface area contributed by atoms with Gasteiger partial charge in [0.15, 0.2) is 18.0 Å². The van der Waals surface area contributed by atoms with Crippen LogP contribution < -0.4 is 5.32 Å². The number of amides is 1. The Labute approximate surface area is 376 Å². The molecule has 356 valence electrons. The molecule has 16 heteroatoms. The number of hydrogen-bond donors (Lipinski definition) is 3. The predicted octanol–water partition coefficient (Wildman–Crippen LogP) is 5.75. The number of carbonyl (C=O) groups is 5. The maximum Gasteiger partial charge on any atom is 0.407 e. The van der Waals surface area contributed by atoms with E-state index in [4.69, 9.17) is 37.9 Å². The molecule has 3 fully saturated rings. The van der Waals surface area contributed by atoms with E-state index in [2.05, 4.69) is 11.9 Å². The Balaban J connectivity index is 1.79. The second-order valence-corrected chi connectivity index (χ2v) is 20.0. The maximum atomic E-state index is 14.7. The van der Waals surface area contributed by atoms with Crippen molar-refractivity contribution in [2.75, 3.05) is 13.7 Å². The second kappa shape index (κ2) is 18.9. The van der Waals surface area contributed by atoms with Crippen LogP contribution in [0.2, 0.25) is 0 Å². The van der Waals surface area contributed by atoms with E-state index in [9.17, 15) is 34.2 Å². The summed E-state index contributed by atoms with van der Waals surface area (Å²) in [6.45, 7) is 23.6. The highest BCUT2D eigenvalue weighted by atomic mass is 16.7. The normalized spacial score (nSPS) is 32.5. The van der Waals surface area contributed by atoms with Crippen molar-refractivity contribution in [3.63, 3.8) is 0 Å². The summed E-state index contributed by atoms with van der Waals surface area (Å²) in [7, 11) is 1.46. The van der Waals surface area contributed by atoms with E-state index in [0.29, 0.717) is 11.1 Å². The number of rotatable bonds is 15. The molecule has 3 aliphatic carbocycles. The molecular weight excluding hydrogens is 831 g/mol. The number of alkyl carbamates (subject to hydrolysis) is 1. The molecule has 4 aliphatic rings. The van der Waals surface area contributed by atoms with E-state index in [-0.39, 0.29) is 37.4 Å². The van der Waals surface area contributed by atoms with Gasteiger partial charge < -0.3 is 53.4 Å². The molecule has 3 N–H and O–H groups in total. The number of esters is 4. The zero-order chi connectivity index (χ0) is 47.9. The lowest BCUT2D eigenvalue weighted by Crippen LogP contribution is -2.78. The Bertz CT molecular complexity index is 1950. The van der Waals surface area contributed by atoms with Crippen molar-refractivity contribution < 1.29 is 72.1 Å². The van der Waals surface area contributed by atoms with Crippen molar-refractivity contribution in [3.8, 4) is 0 Å². The summed E-state index contributed by atoms with van der Waals surface area (Å²) in [5.74, 6) is -5.09. The molecule has 0 bridgehead atoms. The van der Waals surface area contributed by atoms with Crippen LogP contribution in [-0.2, 0) is 52.3 Å². The molecule has 5 rings (SSSR count). The minimum Gasteiger partial charge on any atom is -0.458 e. The average Bonchev–Trinajstić information content (AvgIpc) is 3.45. The Morgan fingerprint density at radius 1 is 1.02 bits per heavy atom. The highest BCUT2D eigenvalue weighted by molar-refractivity contribution is 5.89. The number of nitrogens with one attached hydrogen (secondary N) is 1. The summed E-state index contributed by atoms with van der Waals surface area (Å²) in [5.41, 5.74) is -6.41. The van der Waals surface area contributed by atoms with Gasteiger partial charge in [-0.1, -0.05) is 52.5 Å². The lowest BCUT2D eigenvalue weighted by molar-refractivity contribution is -0.357. The van der Waals surface area contributed by atoms with Crippen LogP contribution in [0.5, 0.6) is 0 Å². The standard InChI is InChI=1S/C48H69NO15/c1-15-35(57-14)61-33-22-34-48(24-58-34,63-29(7)51)39-40(62-41(53)30-19-17-16-18-20-30)47(45(11,12)56)23-32(26(4)36(47)38(59-28(6)50)27(5)46(33,39)13)60-42(54)37(52)31(21-25(2)3)49-43(55)64-44(8,9)10/h15-20,25,27,31-35,37-40,52,56H,1,21-24H2,2-14H3,(H,49,55)/t27?,31-,32-,33-,34+,35?,37+,38+,39-,40-,46+,47?,48?/m0/s1. The monoisotopic (exact) mass is 899 g/mol. The molecule has 0 aromatic heterocycles. The van der Waals surface area contributed by atoms with Crippen LogP contribution in [0.1, 0.15) is 113 Å². The minimum absolute atomic E-state index is 0.0825. The fraction of sp³-hybridized carbons (Fsp3) is 0.688. The Kier molecular flexibility index (Phi) is 14.9. The first-order valence-electron chi connectivity index (χ1n) is 22.0. The molecule has 1 saturated heterocycles. The molecule has 1 aliphatic heterocycles. The van der Waals surface area contributed by atoms with Gasteiger partial charge >= 0.3 is 30.0 Å². The van der Waals surface area contributed by atoms with Gasteiger partial charge in [0.1, 0.15) is 30.0 Å². The third kappa shape index (κ3) is 9.49. The van der Waals surface area contributed by atoms with Crippen LogP contribution >= 0.6 is 0 Å². The Morgan fingerprint density at radius 2 is 1.66 bits per heavy atom. The number of methoxy groups -OCH3 is 1. The van der Waals surface area contributed by atoms with Crippen LogP contribution in [0.4, 0.5) is 4.79 Å². The van der Waals surface area contributed by atoms with Crippen LogP contribution in [0.25, 0.3) is 0 Å². The van der Waals surface area contributed by atoms with Gasteiger partial charge in [-0.2, -0.15) is 0 Å². The second-order valence-electron chi connectivity index (χ2n) is 20.0. The highest BCUT2D eigenvalue weighted by Crippen LogP contribution is 2.70. The molecule has 4 unspecified atom stereocenters. The molecule has 1 aromatic rings. The van der Waals surface area contributed by atoms with E-state index in [1.807, 2.05) is 27.7 Å². The molecule has 0 spiro atoms. The number of hydrogen-bond acceptors (Lipinski definition) is 15. The van der Waals surface area contributed by atoms with Gasteiger partial charge in [-0.3, -0.25) is 9.59 Å². The van der Waals surface area contributed by atoms with Crippen LogP contribution in [0, 0.1) is 28.6 Å². The van der Waals surface area contributed by atoms with Gasteiger partial charge in [-0.15, -0.1) is 0 Å². The third-order valence-electron chi connectivity index (χ3n) is 13.8. The lowest BCUT2D eigenvalue weighted by Gasteiger charge is -2.66. The van der Waals surface area contributed by atoms with Crippen molar-refractivity contribution in [1.29, 1.82) is 0 Å². The summed E-state index contributed by atoms with van der Waals surface area (Å²) in [6, 6.07) is 7.14. The first kappa shape index (κ1) is 50.6. The fourth-order valence-electron chi connectivity index (χ4n) is 10.9. The molecule has 64 heavy (non-hydrogen) atoms. The predicted molar refractivity (Wildman–Crippen MR) is 231 cm³/mol. The highest BCUT2D eigenvalue weighted by Gasteiger charge is 2.79. The molecule has 16 nitrogen and oxygen atoms in total. The van der Waals surface area contributed by atoms with E-state index < -0.39 is 118 Å². The summed E-state index contributed by atoms with van der Waals surface area (Å²) in [6.07, 6.45) is -7.55. The number of carbonyl (C=O) groups excluding carboxylic acids is 5. The maximum absolute atomic E-state index is 14.7. The van der Waals surface area contributed by atoms with Gasteiger partial charge in [0.05, 0.1) is 41.3 Å². The van der Waals surface area contributed by atoms with Crippen molar-refractivity contribution in [1.82, 2.24) is 5.32 Å². The SMILES string of the molecule is C=CC(OC)O[C@H]1C[C@H]2OCC2(OC(C)=O)[C@H]2[C@H](OC(=O)c3ccccc3)C3(C(C)(C)O)C[C@H](OC(=O)[C@H](O)[C@H](CC(C)C)NC(=O)OC(C)(C)C)C(C)=C3[C@H](OC(C)=O)C(C)[C@]12C. The van der Waals surface area contributed by atoms with Crippen molar-refractivity contribution in [3.05, 3.63) is 59.7 Å². The van der Waals surface area contributed by atoms with E-state index in [1.54, 1.807) is 58.0 Å². The first-order valence-corrected chi connectivity index (χ1v) is 22.0. The number of fused-ring (bicyclic) bond motifs is 4. The summed E-state index contributed by atoms with van der Waals surface area (Å²) < 4.78 is 49.8. The smallest absolute Gasteiger partial charge is 0.407 e. The van der Waals surface area contributed by atoms with Crippen molar-refractivity contribution in [2.24, 2.45) is 28.6 Å². The third-order valence-corrected chi connectivity index (χ3v) is 13.8. The zero-order valence-electron chi connectivity index (χ0n) is 39.6. The number of benzene rings is 1. The van der Waals surface area contributed by atoms with Crippen molar-refractivity contribution >= 4 is 30.0 Å². The summed E-state index contributed by atoms with van der Waals surface area (Å²) >= 11 is 0. The zero-order valence-corrected chi connectivity index (χ0v) is 39.6. The average molecular weight is 900 g/mol. The molecule has 1 aromatic carbocycles. The molecule has 1 heterocycles. The van der Waals surface area contributed by atoms with E-state index in [0.717, 1.165) is 0 Å². The summed E-state index contributed by atoms with van der Waals surface area (Å²) in [5, 5.41) is 27.2. The largest absolute Gasteiger partial charge is 0.458 e. The molecule has 0 radical (unpaired) electrons. The minimum atomic E-state index is -1.89. The fourth-order valence-corrected chi connectivity index (χ4v) is 10.9. The number of aliphatic hydroxyl groups is 2. The quantitative estimate of drug-likeness (QED) is 0.0828. The van der Waals surface area contributed by atoms with Crippen molar-refractivity contribution in [2.45, 2.75) is 168 Å². The molecule has 13 atom stereocenters. The van der Waals surface area contributed by atoms with Gasteiger partial charge in [-0.25, -0.2) is 14.4 Å². The number of ether oxygens (including phenoxy) is 8. The van der Waals surface area contributed by atoms with E-state index in [1.165, 1.54) is 40.9 Å². The van der Waals surface area contributed by atoms with Gasteiger partial charge in [-0.05, 0) is 83.2 Å². The molecule has 2 saturated carbocycles. The van der Waals surface area contributed by atoms with Crippen LogP contribution in [0.3, 0.4) is 0 Å².